The maximum absolute atomic E-state index is 12.1. The molecule has 0 radical (unpaired) electrons. The lowest BCUT2D eigenvalue weighted by molar-refractivity contribution is -0.123. The van der Waals surface area contributed by atoms with E-state index in [0.717, 1.165) is 28.1 Å². The molecule has 6 nitrogen and oxygen atoms in total. The molecule has 4 aromatic rings. The van der Waals surface area contributed by atoms with E-state index in [-0.39, 0.29) is 12.5 Å². The van der Waals surface area contributed by atoms with Crippen LogP contribution in [0, 0.1) is 13.8 Å². The molecule has 0 aliphatic rings. The summed E-state index contributed by atoms with van der Waals surface area (Å²) >= 11 is 0. The molecule has 1 aromatic heterocycles. The highest BCUT2D eigenvalue weighted by atomic mass is 16.5. The lowest BCUT2D eigenvalue weighted by Gasteiger charge is -2.05. The van der Waals surface area contributed by atoms with Crippen molar-refractivity contribution in [2.45, 2.75) is 13.8 Å². The summed E-state index contributed by atoms with van der Waals surface area (Å²) in [6, 6.07) is 25.5. The van der Waals surface area contributed by atoms with Crippen molar-refractivity contribution in [2.24, 2.45) is 5.10 Å². The minimum atomic E-state index is -0.339. The largest absolute Gasteiger partial charge is 0.484 e. The molecule has 160 valence electrons. The lowest BCUT2D eigenvalue weighted by Crippen LogP contribution is -2.24. The predicted molar refractivity (Wildman–Crippen MR) is 126 cm³/mol. The van der Waals surface area contributed by atoms with Crippen molar-refractivity contribution < 1.29 is 9.53 Å². The SMILES string of the molecule is Cc1ccc(OCC(=O)NN=Cc2cn(-c3ccccc3)nc2-c2ccc(C)cc2)cc1. The molecule has 3 aromatic carbocycles. The van der Waals surface area contributed by atoms with E-state index < -0.39 is 0 Å². The van der Waals surface area contributed by atoms with Crippen molar-refractivity contribution in [3.8, 4) is 22.7 Å². The van der Waals surface area contributed by atoms with Crippen LogP contribution in [0.4, 0.5) is 0 Å². The van der Waals surface area contributed by atoms with Gasteiger partial charge in [-0.3, -0.25) is 4.79 Å². The van der Waals surface area contributed by atoms with Crippen LogP contribution in [0.25, 0.3) is 16.9 Å². The second-order valence-corrected chi connectivity index (χ2v) is 7.47. The quantitative estimate of drug-likeness (QED) is 0.346. The monoisotopic (exact) mass is 424 g/mol. The average molecular weight is 425 g/mol. The highest BCUT2D eigenvalue weighted by Crippen LogP contribution is 2.23. The maximum atomic E-state index is 12.1. The zero-order valence-corrected chi connectivity index (χ0v) is 18.0. The van der Waals surface area contributed by atoms with Gasteiger partial charge in [0, 0.05) is 17.3 Å². The summed E-state index contributed by atoms with van der Waals surface area (Å²) in [5, 5.41) is 8.87. The fourth-order valence-corrected chi connectivity index (χ4v) is 3.12. The lowest BCUT2D eigenvalue weighted by atomic mass is 10.1. The summed E-state index contributed by atoms with van der Waals surface area (Å²) in [4.78, 5) is 12.1. The van der Waals surface area contributed by atoms with Crippen LogP contribution >= 0.6 is 0 Å². The summed E-state index contributed by atoms with van der Waals surface area (Å²) in [6.07, 6.45) is 3.49. The fourth-order valence-electron chi connectivity index (χ4n) is 3.12. The first kappa shape index (κ1) is 21.1. The first-order valence-electron chi connectivity index (χ1n) is 10.3. The van der Waals surface area contributed by atoms with E-state index in [1.54, 1.807) is 10.9 Å². The van der Waals surface area contributed by atoms with Crippen LogP contribution in [0.3, 0.4) is 0 Å². The molecule has 0 aliphatic carbocycles. The summed E-state index contributed by atoms with van der Waals surface area (Å²) in [5.74, 6) is 0.301. The summed E-state index contributed by atoms with van der Waals surface area (Å²) in [7, 11) is 0. The van der Waals surface area contributed by atoms with Gasteiger partial charge in [-0.05, 0) is 38.1 Å². The number of carbonyl (C=O) groups is 1. The Morgan fingerprint density at radius 1 is 0.969 bits per heavy atom. The van der Waals surface area contributed by atoms with Crippen molar-refractivity contribution in [1.82, 2.24) is 15.2 Å². The molecule has 0 saturated carbocycles. The minimum Gasteiger partial charge on any atom is -0.484 e. The zero-order chi connectivity index (χ0) is 22.3. The number of aromatic nitrogens is 2. The predicted octanol–water partition coefficient (Wildman–Crippen LogP) is 4.69. The van der Waals surface area contributed by atoms with Crippen LogP contribution in [0.15, 0.2) is 90.2 Å². The Morgan fingerprint density at radius 3 is 2.31 bits per heavy atom. The van der Waals surface area contributed by atoms with Crippen molar-refractivity contribution in [2.75, 3.05) is 6.61 Å². The van der Waals surface area contributed by atoms with Gasteiger partial charge in [0.15, 0.2) is 6.61 Å². The zero-order valence-electron chi connectivity index (χ0n) is 18.0. The highest BCUT2D eigenvalue weighted by Gasteiger charge is 2.11. The summed E-state index contributed by atoms with van der Waals surface area (Å²) in [6.45, 7) is 3.92. The molecule has 0 unspecified atom stereocenters. The molecule has 1 N–H and O–H groups in total. The number of nitrogens with zero attached hydrogens (tertiary/aromatic N) is 3. The van der Waals surface area contributed by atoms with Crippen molar-refractivity contribution >= 4 is 12.1 Å². The number of aryl methyl sites for hydroxylation is 2. The number of amides is 1. The van der Waals surface area contributed by atoms with Gasteiger partial charge in [0.2, 0.25) is 0 Å². The molecule has 1 amide bonds. The number of nitrogens with one attached hydrogen (secondary N) is 1. The first-order valence-corrected chi connectivity index (χ1v) is 10.3. The molecule has 0 aliphatic heterocycles. The van der Waals surface area contributed by atoms with Crippen molar-refractivity contribution in [3.05, 3.63) is 102 Å². The molecule has 0 fully saturated rings. The molecule has 0 atom stereocenters. The van der Waals surface area contributed by atoms with Crippen LogP contribution in [0.2, 0.25) is 0 Å². The second kappa shape index (κ2) is 9.75. The third-order valence-corrected chi connectivity index (χ3v) is 4.87. The van der Waals surface area contributed by atoms with Gasteiger partial charge < -0.3 is 4.74 Å². The Morgan fingerprint density at radius 2 is 1.62 bits per heavy atom. The van der Waals surface area contributed by atoms with Gasteiger partial charge in [-0.15, -0.1) is 0 Å². The third kappa shape index (κ3) is 5.29. The molecule has 0 saturated heterocycles. The van der Waals surface area contributed by atoms with Crippen molar-refractivity contribution in [1.29, 1.82) is 0 Å². The van der Waals surface area contributed by atoms with E-state index in [1.807, 2.05) is 98.9 Å². The second-order valence-electron chi connectivity index (χ2n) is 7.47. The molecule has 32 heavy (non-hydrogen) atoms. The number of hydrogen-bond acceptors (Lipinski definition) is 4. The number of hydrazone groups is 1. The number of ether oxygens (including phenoxy) is 1. The molecule has 0 bridgehead atoms. The van der Waals surface area contributed by atoms with E-state index in [1.165, 1.54) is 5.56 Å². The number of benzene rings is 3. The van der Waals surface area contributed by atoms with Crippen LogP contribution in [0.5, 0.6) is 5.75 Å². The smallest absolute Gasteiger partial charge is 0.277 e. The van der Waals surface area contributed by atoms with E-state index in [0.29, 0.717) is 5.75 Å². The summed E-state index contributed by atoms with van der Waals surface area (Å²) < 4.78 is 7.29. The van der Waals surface area contributed by atoms with E-state index in [2.05, 4.69) is 10.5 Å². The van der Waals surface area contributed by atoms with Gasteiger partial charge >= 0.3 is 0 Å². The fraction of sp³-hybridized carbons (Fsp3) is 0.115. The topological polar surface area (TPSA) is 68.5 Å². The molecular weight excluding hydrogens is 400 g/mol. The van der Waals surface area contributed by atoms with E-state index in [9.17, 15) is 4.79 Å². The Kier molecular flexibility index (Phi) is 6.41. The minimum absolute atomic E-state index is 0.117. The maximum Gasteiger partial charge on any atom is 0.277 e. The Labute approximate surface area is 187 Å². The first-order chi connectivity index (χ1) is 15.6. The van der Waals surface area contributed by atoms with Gasteiger partial charge in [-0.2, -0.15) is 10.2 Å². The number of carbonyl (C=O) groups excluding carboxylic acids is 1. The standard InChI is InChI=1S/C26H24N4O2/c1-19-8-12-21(13-9-19)26-22(17-30(29-26)23-6-4-3-5-7-23)16-27-28-25(31)18-32-24-14-10-20(2)11-15-24/h3-17H,18H2,1-2H3,(H,28,31). The van der Waals surface area contributed by atoms with Crippen LogP contribution < -0.4 is 10.2 Å². The summed E-state index contributed by atoms with van der Waals surface area (Å²) in [5.41, 5.74) is 8.31. The van der Waals surface area contributed by atoms with E-state index in [4.69, 9.17) is 9.84 Å². The van der Waals surface area contributed by atoms with Gasteiger partial charge in [0.1, 0.15) is 11.4 Å². The number of para-hydroxylation sites is 1. The number of rotatable bonds is 7. The van der Waals surface area contributed by atoms with Gasteiger partial charge in [0.25, 0.3) is 5.91 Å². The van der Waals surface area contributed by atoms with Gasteiger partial charge in [-0.1, -0.05) is 65.7 Å². The normalized spacial score (nSPS) is 10.9. The molecule has 6 heteroatoms. The van der Waals surface area contributed by atoms with Crippen LogP contribution in [0.1, 0.15) is 16.7 Å². The Bertz CT molecular complexity index is 1210. The van der Waals surface area contributed by atoms with Crippen LogP contribution in [-0.2, 0) is 4.79 Å². The Balaban J connectivity index is 1.49. The van der Waals surface area contributed by atoms with E-state index >= 15 is 0 Å². The van der Waals surface area contributed by atoms with Gasteiger partial charge in [0.05, 0.1) is 11.9 Å². The van der Waals surface area contributed by atoms with Crippen LogP contribution in [-0.4, -0.2) is 28.5 Å². The molecule has 0 spiro atoms. The van der Waals surface area contributed by atoms with Gasteiger partial charge in [-0.25, -0.2) is 10.1 Å². The molecule has 4 rings (SSSR count). The Hall–Kier alpha value is -4.19. The third-order valence-electron chi connectivity index (χ3n) is 4.87. The highest BCUT2D eigenvalue weighted by molar-refractivity contribution is 5.89. The molecule has 1 heterocycles. The molecular formula is C26H24N4O2. The van der Waals surface area contributed by atoms with Crippen molar-refractivity contribution in [3.63, 3.8) is 0 Å². The number of hydrogen-bond donors (Lipinski definition) is 1. The average Bonchev–Trinajstić information content (AvgIpc) is 3.24.